The van der Waals surface area contributed by atoms with Crippen molar-refractivity contribution in [3.05, 3.63) is 107 Å². The maximum atomic E-state index is 14.5. The van der Waals surface area contributed by atoms with E-state index >= 15 is 0 Å². The number of carbonyl (C=O) groups excluding carboxylic acids is 1. The summed E-state index contributed by atoms with van der Waals surface area (Å²) in [6.07, 6.45) is 5.80. The minimum Gasteiger partial charge on any atom is -0.335 e. The van der Waals surface area contributed by atoms with E-state index in [1.54, 1.807) is 12.1 Å². The summed E-state index contributed by atoms with van der Waals surface area (Å²) < 4.78 is 14.5. The van der Waals surface area contributed by atoms with Crippen LogP contribution < -0.4 is 0 Å². The van der Waals surface area contributed by atoms with Gasteiger partial charge in [0.05, 0.1) is 0 Å². The van der Waals surface area contributed by atoms with Gasteiger partial charge in [0.1, 0.15) is 5.82 Å². The zero-order valence-electron chi connectivity index (χ0n) is 21.3. The Labute approximate surface area is 214 Å². The van der Waals surface area contributed by atoms with Crippen LogP contribution in [0.4, 0.5) is 4.39 Å². The molecular weight excluding hydrogens is 447 g/mol. The SMILES string of the molecule is Cc1ccccc1[C@H]1CN(Cc2ccccc2F)C[C@@H]1CN(C(=O)c1ccccc1)C1CCCCC1. The zero-order chi connectivity index (χ0) is 24.9. The van der Waals surface area contributed by atoms with Crippen LogP contribution in [-0.2, 0) is 6.54 Å². The molecule has 2 atom stereocenters. The normalized spacial score (nSPS) is 20.9. The number of rotatable bonds is 7. The molecule has 1 aliphatic heterocycles. The molecule has 0 aromatic heterocycles. The van der Waals surface area contributed by atoms with Crippen LogP contribution in [0.1, 0.15) is 65.1 Å². The molecule has 36 heavy (non-hydrogen) atoms. The first kappa shape index (κ1) is 24.7. The Balaban J connectivity index is 1.43. The summed E-state index contributed by atoms with van der Waals surface area (Å²) in [5.41, 5.74) is 4.16. The molecule has 188 valence electrons. The maximum absolute atomic E-state index is 14.5. The van der Waals surface area contributed by atoms with Gasteiger partial charge in [-0.05, 0) is 55.0 Å². The van der Waals surface area contributed by atoms with Gasteiger partial charge in [0, 0.05) is 49.3 Å². The van der Waals surface area contributed by atoms with Crippen LogP contribution in [0.5, 0.6) is 0 Å². The van der Waals surface area contributed by atoms with Crippen molar-refractivity contribution in [2.24, 2.45) is 5.92 Å². The third-order valence-electron chi connectivity index (χ3n) is 8.18. The van der Waals surface area contributed by atoms with Crippen LogP contribution in [0, 0.1) is 18.7 Å². The number of benzene rings is 3. The molecule has 1 aliphatic carbocycles. The average Bonchev–Trinajstić information content (AvgIpc) is 3.31. The van der Waals surface area contributed by atoms with Gasteiger partial charge in [-0.25, -0.2) is 4.39 Å². The van der Waals surface area contributed by atoms with Crippen LogP contribution in [-0.4, -0.2) is 41.4 Å². The van der Waals surface area contributed by atoms with Crippen molar-refractivity contribution in [2.45, 2.75) is 57.5 Å². The van der Waals surface area contributed by atoms with Gasteiger partial charge in [-0.1, -0.05) is 79.9 Å². The van der Waals surface area contributed by atoms with Crippen LogP contribution >= 0.6 is 0 Å². The number of hydrogen-bond donors (Lipinski definition) is 0. The summed E-state index contributed by atoms with van der Waals surface area (Å²) in [5, 5.41) is 0. The second kappa shape index (κ2) is 11.4. The largest absolute Gasteiger partial charge is 0.335 e. The Morgan fingerprint density at radius 2 is 1.58 bits per heavy atom. The number of nitrogens with zero attached hydrogens (tertiary/aromatic N) is 2. The molecule has 4 heteroatoms. The number of hydrogen-bond acceptors (Lipinski definition) is 2. The molecule has 3 aromatic carbocycles. The second-order valence-corrected chi connectivity index (χ2v) is 10.6. The molecule has 1 saturated heterocycles. The molecule has 1 heterocycles. The van der Waals surface area contributed by atoms with E-state index in [2.05, 4.69) is 41.0 Å². The Hall–Kier alpha value is -2.98. The summed E-state index contributed by atoms with van der Waals surface area (Å²) in [5.74, 6) is 0.621. The van der Waals surface area contributed by atoms with Gasteiger partial charge in [0.25, 0.3) is 5.91 Å². The lowest BCUT2D eigenvalue weighted by Gasteiger charge is -2.37. The molecule has 0 bridgehead atoms. The van der Waals surface area contributed by atoms with E-state index in [0.29, 0.717) is 24.4 Å². The Morgan fingerprint density at radius 3 is 2.33 bits per heavy atom. The highest BCUT2D eigenvalue weighted by atomic mass is 19.1. The Kier molecular flexibility index (Phi) is 7.81. The molecule has 0 N–H and O–H groups in total. The maximum Gasteiger partial charge on any atom is 0.254 e. The standard InChI is InChI=1S/C32H37FN2O/c1-24-12-8-10-18-29(24)30-23-34(20-26-15-9-11-19-31(26)33)21-27(30)22-35(28-16-6-3-7-17-28)32(36)25-13-4-2-5-14-25/h2,4-5,8-15,18-19,27-28,30H,3,6-7,16-17,20-23H2,1H3/t27-,30+/m1/s1. The van der Waals surface area contributed by atoms with Gasteiger partial charge in [0.2, 0.25) is 0 Å². The molecule has 2 fully saturated rings. The first-order valence-electron chi connectivity index (χ1n) is 13.5. The van der Waals surface area contributed by atoms with Crippen molar-refractivity contribution in [3.63, 3.8) is 0 Å². The molecule has 3 aromatic rings. The van der Waals surface area contributed by atoms with Crippen LogP contribution in [0.15, 0.2) is 78.9 Å². The van der Waals surface area contributed by atoms with Gasteiger partial charge >= 0.3 is 0 Å². The molecule has 1 saturated carbocycles. The molecule has 5 rings (SSSR count). The molecule has 0 unspecified atom stereocenters. The van der Waals surface area contributed by atoms with Gasteiger partial charge in [-0.3, -0.25) is 9.69 Å². The van der Waals surface area contributed by atoms with E-state index in [9.17, 15) is 9.18 Å². The smallest absolute Gasteiger partial charge is 0.254 e. The van der Waals surface area contributed by atoms with Crippen molar-refractivity contribution < 1.29 is 9.18 Å². The topological polar surface area (TPSA) is 23.6 Å². The summed E-state index contributed by atoms with van der Waals surface area (Å²) in [4.78, 5) is 18.4. The molecule has 2 aliphatic rings. The van der Waals surface area contributed by atoms with Crippen LogP contribution in [0.3, 0.4) is 0 Å². The van der Waals surface area contributed by atoms with E-state index in [0.717, 1.165) is 43.6 Å². The van der Waals surface area contributed by atoms with Gasteiger partial charge in [-0.15, -0.1) is 0 Å². The van der Waals surface area contributed by atoms with Crippen molar-refractivity contribution in [1.29, 1.82) is 0 Å². The summed E-state index contributed by atoms with van der Waals surface area (Å²) >= 11 is 0. The lowest BCUT2D eigenvalue weighted by molar-refractivity contribution is 0.0588. The van der Waals surface area contributed by atoms with Crippen molar-refractivity contribution >= 4 is 5.91 Å². The molecule has 3 nitrogen and oxygen atoms in total. The first-order chi connectivity index (χ1) is 17.6. The fourth-order valence-corrected chi connectivity index (χ4v) is 6.29. The number of halogens is 1. The lowest BCUT2D eigenvalue weighted by Crippen LogP contribution is -2.45. The molecule has 0 spiro atoms. The van der Waals surface area contributed by atoms with Crippen molar-refractivity contribution in [2.75, 3.05) is 19.6 Å². The number of aryl methyl sites for hydroxylation is 1. The van der Waals surface area contributed by atoms with E-state index in [4.69, 9.17) is 0 Å². The molecule has 0 radical (unpaired) electrons. The molecular formula is C32H37FN2O. The fraction of sp³-hybridized carbons (Fsp3) is 0.406. The van der Waals surface area contributed by atoms with E-state index in [1.165, 1.54) is 30.4 Å². The zero-order valence-corrected chi connectivity index (χ0v) is 21.3. The third kappa shape index (κ3) is 5.54. The van der Waals surface area contributed by atoms with Crippen LogP contribution in [0.2, 0.25) is 0 Å². The lowest BCUT2D eigenvalue weighted by atomic mass is 9.85. The first-order valence-corrected chi connectivity index (χ1v) is 13.5. The third-order valence-corrected chi connectivity index (χ3v) is 8.18. The minimum absolute atomic E-state index is 0.142. The van der Waals surface area contributed by atoms with Gasteiger partial charge < -0.3 is 4.90 Å². The number of carbonyl (C=O) groups is 1. The Morgan fingerprint density at radius 1 is 0.889 bits per heavy atom. The van der Waals surface area contributed by atoms with E-state index in [-0.39, 0.29) is 11.7 Å². The highest BCUT2D eigenvalue weighted by Crippen LogP contribution is 2.37. The van der Waals surface area contributed by atoms with E-state index in [1.807, 2.05) is 42.5 Å². The quantitative estimate of drug-likeness (QED) is 0.367. The predicted molar refractivity (Wildman–Crippen MR) is 143 cm³/mol. The summed E-state index contributed by atoms with van der Waals surface area (Å²) in [7, 11) is 0. The highest BCUT2D eigenvalue weighted by Gasteiger charge is 2.38. The summed E-state index contributed by atoms with van der Waals surface area (Å²) in [6.45, 7) is 5.26. The van der Waals surface area contributed by atoms with Gasteiger partial charge in [0.15, 0.2) is 0 Å². The average molecular weight is 485 g/mol. The minimum atomic E-state index is -0.142. The second-order valence-electron chi connectivity index (χ2n) is 10.6. The van der Waals surface area contributed by atoms with Gasteiger partial charge in [-0.2, -0.15) is 0 Å². The Bertz CT molecular complexity index is 1160. The van der Waals surface area contributed by atoms with Crippen molar-refractivity contribution in [3.8, 4) is 0 Å². The fourth-order valence-electron chi connectivity index (χ4n) is 6.29. The highest BCUT2D eigenvalue weighted by molar-refractivity contribution is 5.94. The summed E-state index contributed by atoms with van der Waals surface area (Å²) in [6, 6.07) is 25.8. The molecule has 1 amide bonds. The van der Waals surface area contributed by atoms with Crippen LogP contribution in [0.25, 0.3) is 0 Å². The van der Waals surface area contributed by atoms with E-state index < -0.39 is 0 Å². The number of amides is 1. The predicted octanol–water partition coefficient (Wildman–Crippen LogP) is 6.82. The van der Waals surface area contributed by atoms with Crippen molar-refractivity contribution in [1.82, 2.24) is 9.80 Å². The monoisotopic (exact) mass is 484 g/mol. The number of likely N-dealkylation sites (tertiary alicyclic amines) is 1.